The highest BCUT2D eigenvalue weighted by Gasteiger charge is 2.02. The molecule has 0 aliphatic heterocycles. The minimum Gasteiger partial charge on any atom is -0.388 e. The molecule has 3 nitrogen and oxygen atoms in total. The number of rotatable bonds is 6. The number of nitrogens with one attached hydrogen (secondary N) is 1. The lowest BCUT2D eigenvalue weighted by molar-refractivity contribution is 0.331. The number of pyridine rings is 1. The van der Waals surface area contributed by atoms with Crippen LogP contribution in [0.25, 0.3) is 0 Å². The van der Waals surface area contributed by atoms with Crippen molar-refractivity contribution in [2.75, 3.05) is 26.0 Å². The second kappa shape index (κ2) is 6.90. The number of likely N-dealkylation sites (N-methyl/N-ethyl adjacent to an activating group) is 1. The zero-order chi connectivity index (χ0) is 13.5. The van der Waals surface area contributed by atoms with Crippen molar-refractivity contribution >= 4 is 5.69 Å². The molecule has 0 aliphatic rings. The summed E-state index contributed by atoms with van der Waals surface area (Å²) < 4.78 is 0. The molecular weight excluding hydrogens is 234 g/mol. The molecule has 0 unspecified atom stereocenters. The molecule has 3 heteroatoms. The quantitative estimate of drug-likeness (QED) is 0.860. The van der Waals surface area contributed by atoms with Gasteiger partial charge in [-0.3, -0.25) is 4.98 Å². The molecule has 0 aliphatic carbocycles. The van der Waals surface area contributed by atoms with Crippen molar-refractivity contribution in [2.24, 2.45) is 0 Å². The molecule has 0 fully saturated rings. The molecule has 1 aromatic carbocycles. The third kappa shape index (κ3) is 4.38. The van der Waals surface area contributed by atoms with Gasteiger partial charge in [0.1, 0.15) is 0 Å². The number of benzene rings is 1. The summed E-state index contributed by atoms with van der Waals surface area (Å²) in [5.41, 5.74) is 3.84. The lowest BCUT2D eigenvalue weighted by Gasteiger charge is -2.17. The van der Waals surface area contributed by atoms with Gasteiger partial charge in [0.25, 0.3) is 0 Å². The van der Waals surface area contributed by atoms with Crippen molar-refractivity contribution in [3.8, 4) is 0 Å². The summed E-state index contributed by atoms with van der Waals surface area (Å²) in [6, 6.07) is 12.7. The van der Waals surface area contributed by atoms with E-state index in [1.807, 2.05) is 19.4 Å². The summed E-state index contributed by atoms with van der Waals surface area (Å²) >= 11 is 0. The minimum absolute atomic E-state index is 0.973. The smallest absolute Gasteiger partial charge is 0.0340 e. The molecule has 100 valence electrons. The van der Waals surface area contributed by atoms with E-state index in [1.54, 1.807) is 0 Å². The van der Waals surface area contributed by atoms with E-state index in [1.165, 1.54) is 16.8 Å². The molecule has 19 heavy (non-hydrogen) atoms. The van der Waals surface area contributed by atoms with Crippen molar-refractivity contribution in [1.82, 2.24) is 9.88 Å². The molecular formula is C16H21N3. The van der Waals surface area contributed by atoms with Crippen LogP contribution in [-0.4, -0.2) is 30.5 Å². The highest BCUT2D eigenvalue weighted by atomic mass is 15.1. The maximum atomic E-state index is 4.04. The summed E-state index contributed by atoms with van der Waals surface area (Å²) in [6.07, 6.45) is 4.77. The van der Waals surface area contributed by atoms with Crippen LogP contribution in [-0.2, 0) is 13.0 Å². The summed E-state index contributed by atoms with van der Waals surface area (Å²) in [5, 5.41) is 3.17. The van der Waals surface area contributed by atoms with Gasteiger partial charge < -0.3 is 10.2 Å². The zero-order valence-electron chi connectivity index (χ0n) is 11.6. The highest BCUT2D eigenvalue weighted by molar-refractivity contribution is 5.44. The molecule has 1 N–H and O–H groups in total. The van der Waals surface area contributed by atoms with E-state index in [-0.39, 0.29) is 0 Å². The Morgan fingerprint density at radius 1 is 1.11 bits per heavy atom. The normalized spacial score (nSPS) is 10.7. The molecule has 2 aromatic rings. The predicted octanol–water partition coefficient (Wildman–Crippen LogP) is 2.80. The fourth-order valence-electron chi connectivity index (χ4n) is 2.09. The Bertz CT molecular complexity index is 496. The molecule has 2 rings (SSSR count). The molecule has 0 radical (unpaired) electrons. The van der Waals surface area contributed by atoms with E-state index < -0.39 is 0 Å². The van der Waals surface area contributed by atoms with E-state index >= 15 is 0 Å². The first-order chi connectivity index (χ1) is 9.28. The van der Waals surface area contributed by atoms with E-state index in [4.69, 9.17) is 0 Å². The van der Waals surface area contributed by atoms with Crippen molar-refractivity contribution < 1.29 is 0 Å². The Morgan fingerprint density at radius 3 is 2.63 bits per heavy atom. The second-order valence-corrected chi connectivity index (χ2v) is 4.79. The molecule has 0 amide bonds. The third-order valence-electron chi connectivity index (χ3n) is 3.20. The Morgan fingerprint density at radius 2 is 1.89 bits per heavy atom. The van der Waals surface area contributed by atoms with Crippen LogP contribution in [0.3, 0.4) is 0 Å². The van der Waals surface area contributed by atoms with Gasteiger partial charge in [0.2, 0.25) is 0 Å². The first kappa shape index (κ1) is 13.6. The van der Waals surface area contributed by atoms with E-state index in [0.29, 0.717) is 0 Å². The Kier molecular flexibility index (Phi) is 4.93. The van der Waals surface area contributed by atoms with Crippen LogP contribution in [0, 0.1) is 0 Å². The van der Waals surface area contributed by atoms with Gasteiger partial charge in [-0.05, 0) is 48.9 Å². The van der Waals surface area contributed by atoms with Crippen LogP contribution in [0.1, 0.15) is 11.1 Å². The van der Waals surface area contributed by atoms with Gasteiger partial charge in [-0.15, -0.1) is 0 Å². The zero-order valence-corrected chi connectivity index (χ0v) is 11.6. The summed E-state index contributed by atoms with van der Waals surface area (Å²) in [7, 11) is 4.11. The van der Waals surface area contributed by atoms with Gasteiger partial charge in [0, 0.05) is 38.2 Å². The molecule has 0 saturated heterocycles. The first-order valence-corrected chi connectivity index (χ1v) is 6.62. The number of hydrogen-bond acceptors (Lipinski definition) is 3. The number of anilines is 1. The Hall–Kier alpha value is -1.87. The third-order valence-corrected chi connectivity index (χ3v) is 3.20. The lowest BCUT2D eigenvalue weighted by Crippen LogP contribution is -2.20. The summed E-state index contributed by atoms with van der Waals surface area (Å²) in [5.74, 6) is 0. The van der Waals surface area contributed by atoms with Gasteiger partial charge in [0.05, 0.1) is 0 Å². The van der Waals surface area contributed by atoms with Gasteiger partial charge >= 0.3 is 0 Å². The van der Waals surface area contributed by atoms with E-state index in [0.717, 1.165) is 19.5 Å². The molecule has 0 spiro atoms. The Labute approximate surface area is 115 Å². The van der Waals surface area contributed by atoms with Gasteiger partial charge in [-0.25, -0.2) is 0 Å². The number of aromatic nitrogens is 1. The topological polar surface area (TPSA) is 28.2 Å². The monoisotopic (exact) mass is 255 g/mol. The number of nitrogens with zero attached hydrogens (tertiary/aromatic N) is 2. The van der Waals surface area contributed by atoms with E-state index in [9.17, 15) is 0 Å². The van der Waals surface area contributed by atoms with Crippen LogP contribution in [0.2, 0.25) is 0 Å². The van der Waals surface area contributed by atoms with Gasteiger partial charge in [-0.1, -0.05) is 12.1 Å². The van der Waals surface area contributed by atoms with Crippen molar-refractivity contribution in [2.45, 2.75) is 13.0 Å². The van der Waals surface area contributed by atoms with Crippen LogP contribution in [0.4, 0.5) is 5.69 Å². The van der Waals surface area contributed by atoms with Gasteiger partial charge in [-0.2, -0.15) is 0 Å². The minimum atomic E-state index is 0.973. The summed E-state index contributed by atoms with van der Waals surface area (Å²) in [6.45, 7) is 2.02. The molecule has 0 bridgehead atoms. The van der Waals surface area contributed by atoms with Crippen LogP contribution >= 0.6 is 0 Å². The standard InChI is InChI=1S/C16H21N3/c1-17-16-5-3-4-15(12-16)13-19(2)11-8-14-6-9-18-10-7-14/h3-7,9-10,12,17H,8,11,13H2,1-2H3. The van der Waals surface area contributed by atoms with Crippen LogP contribution in [0.5, 0.6) is 0 Å². The molecule has 1 heterocycles. The Balaban J connectivity index is 1.85. The predicted molar refractivity (Wildman–Crippen MR) is 80.3 cm³/mol. The maximum Gasteiger partial charge on any atom is 0.0340 e. The second-order valence-electron chi connectivity index (χ2n) is 4.79. The van der Waals surface area contributed by atoms with Crippen molar-refractivity contribution in [3.05, 3.63) is 59.9 Å². The van der Waals surface area contributed by atoms with E-state index in [2.05, 4.69) is 58.6 Å². The first-order valence-electron chi connectivity index (χ1n) is 6.62. The maximum absolute atomic E-state index is 4.04. The fourth-order valence-corrected chi connectivity index (χ4v) is 2.09. The molecule has 1 aromatic heterocycles. The van der Waals surface area contributed by atoms with Crippen LogP contribution < -0.4 is 5.32 Å². The molecule has 0 atom stereocenters. The van der Waals surface area contributed by atoms with Crippen LogP contribution in [0.15, 0.2) is 48.8 Å². The fraction of sp³-hybridized carbons (Fsp3) is 0.312. The average Bonchev–Trinajstić information content (AvgIpc) is 2.46. The molecule has 0 saturated carbocycles. The SMILES string of the molecule is CNc1cccc(CN(C)CCc2ccncc2)c1. The largest absolute Gasteiger partial charge is 0.388 e. The van der Waals surface area contributed by atoms with Gasteiger partial charge in [0.15, 0.2) is 0 Å². The number of hydrogen-bond donors (Lipinski definition) is 1. The summed E-state index contributed by atoms with van der Waals surface area (Å²) in [4.78, 5) is 6.38. The van der Waals surface area contributed by atoms with Crippen molar-refractivity contribution in [1.29, 1.82) is 0 Å². The lowest BCUT2D eigenvalue weighted by atomic mass is 10.1. The average molecular weight is 255 g/mol. The van der Waals surface area contributed by atoms with Crippen molar-refractivity contribution in [3.63, 3.8) is 0 Å². The highest BCUT2D eigenvalue weighted by Crippen LogP contribution is 2.11.